The lowest BCUT2D eigenvalue weighted by Gasteiger charge is -2.45. The van der Waals surface area contributed by atoms with Crippen molar-refractivity contribution in [3.05, 3.63) is 40.3 Å². The Labute approximate surface area is 182 Å². The minimum absolute atomic E-state index is 0.0490. The van der Waals surface area contributed by atoms with Gasteiger partial charge in [-0.25, -0.2) is 10.5 Å². The quantitative estimate of drug-likeness (QED) is 0.578. The van der Waals surface area contributed by atoms with E-state index in [2.05, 4.69) is 9.88 Å². The second-order valence-electron chi connectivity index (χ2n) is 9.52. The Morgan fingerprint density at radius 3 is 2.23 bits per heavy atom. The lowest BCUT2D eigenvalue weighted by atomic mass is 9.89. The van der Waals surface area contributed by atoms with Crippen LogP contribution in [0.2, 0.25) is 0 Å². The summed E-state index contributed by atoms with van der Waals surface area (Å²) in [5.41, 5.74) is 2.31. The van der Waals surface area contributed by atoms with Crippen LogP contribution in [0, 0.1) is 0 Å². The number of carbonyl (C=O) groups is 1. The average Bonchev–Trinajstić information content (AvgIpc) is 3.01. The van der Waals surface area contributed by atoms with Crippen molar-refractivity contribution >= 4 is 16.9 Å². The van der Waals surface area contributed by atoms with E-state index in [4.69, 9.17) is 5.21 Å². The third kappa shape index (κ3) is 3.78. The Hall–Kier alpha value is -2.25. The summed E-state index contributed by atoms with van der Waals surface area (Å²) in [6.45, 7) is 0. The monoisotopic (exact) mass is 424 g/mol. The normalized spacial score (nSPS) is 27.7. The first kappa shape index (κ1) is 20.6. The van der Waals surface area contributed by atoms with Crippen molar-refractivity contribution in [2.75, 3.05) is 0 Å². The standard InChI is InChI=1S/C24H32N4O3/c29-23(26-31)22-24(30)28(21-11-7-6-10-20(21)25-22)19-14-17-12-13-18(15-19)27(17)16-8-4-2-1-3-5-9-16/h6-7,10-11,16-19,31H,1-5,8-9,12-15H2,(H,26,29)/t17-,18?,19+/m0/s1. The molecular formula is C24H32N4O3. The highest BCUT2D eigenvalue weighted by Gasteiger charge is 2.44. The number of rotatable bonds is 3. The summed E-state index contributed by atoms with van der Waals surface area (Å²) in [6, 6.07) is 9.22. The number of fused-ring (bicyclic) bond motifs is 3. The topological polar surface area (TPSA) is 87.5 Å². The molecular weight excluding hydrogens is 392 g/mol. The molecule has 3 heterocycles. The third-order valence-corrected chi connectivity index (χ3v) is 7.74. The highest BCUT2D eigenvalue weighted by molar-refractivity contribution is 5.93. The van der Waals surface area contributed by atoms with Crippen LogP contribution in [-0.2, 0) is 0 Å². The van der Waals surface area contributed by atoms with Gasteiger partial charge < -0.3 is 4.57 Å². The summed E-state index contributed by atoms with van der Waals surface area (Å²) >= 11 is 0. The van der Waals surface area contributed by atoms with Gasteiger partial charge in [0.25, 0.3) is 11.5 Å². The Bertz CT molecular complexity index is 998. The second-order valence-corrected chi connectivity index (χ2v) is 9.52. The van der Waals surface area contributed by atoms with Crippen LogP contribution in [0.15, 0.2) is 29.1 Å². The van der Waals surface area contributed by atoms with E-state index >= 15 is 0 Å². The van der Waals surface area contributed by atoms with Crippen molar-refractivity contribution in [2.45, 2.75) is 94.8 Å². The van der Waals surface area contributed by atoms with E-state index in [1.807, 2.05) is 24.3 Å². The molecule has 2 N–H and O–H groups in total. The van der Waals surface area contributed by atoms with Gasteiger partial charge >= 0.3 is 0 Å². The lowest BCUT2D eigenvalue weighted by Crippen LogP contribution is -2.50. The SMILES string of the molecule is O=C(NO)c1nc2ccccc2n([C@H]2CC3CC[C@@H](C2)N3C2CCCCCCC2)c1=O. The van der Waals surface area contributed by atoms with Crippen LogP contribution in [0.4, 0.5) is 0 Å². The third-order valence-electron chi connectivity index (χ3n) is 7.74. The van der Waals surface area contributed by atoms with Crippen molar-refractivity contribution in [3.8, 4) is 0 Å². The van der Waals surface area contributed by atoms with Crippen molar-refractivity contribution in [1.82, 2.24) is 19.9 Å². The number of aromatic nitrogens is 2. The zero-order chi connectivity index (χ0) is 21.4. The average molecular weight is 425 g/mol. The zero-order valence-corrected chi connectivity index (χ0v) is 18.0. The molecule has 0 spiro atoms. The summed E-state index contributed by atoms with van der Waals surface area (Å²) in [5, 5.41) is 9.11. The molecule has 2 bridgehead atoms. The molecule has 166 valence electrons. The Balaban J connectivity index is 1.48. The van der Waals surface area contributed by atoms with E-state index in [1.165, 1.54) is 57.8 Å². The molecule has 1 aliphatic carbocycles. The number of amides is 1. The number of nitrogens with one attached hydrogen (secondary N) is 1. The number of piperidine rings is 1. The molecule has 31 heavy (non-hydrogen) atoms. The lowest BCUT2D eigenvalue weighted by molar-refractivity contribution is 0.0495. The maximum Gasteiger partial charge on any atom is 0.299 e. The van der Waals surface area contributed by atoms with Gasteiger partial charge in [0.1, 0.15) is 0 Å². The van der Waals surface area contributed by atoms with Crippen LogP contribution in [0.3, 0.4) is 0 Å². The van der Waals surface area contributed by atoms with Crippen LogP contribution in [0.1, 0.15) is 87.2 Å². The Kier molecular flexibility index (Phi) is 5.80. The first-order chi connectivity index (χ1) is 15.2. The number of nitrogens with zero attached hydrogens (tertiary/aromatic N) is 3. The molecule has 7 nitrogen and oxygen atoms in total. The molecule has 3 atom stereocenters. The number of carbonyl (C=O) groups excluding carboxylic acids is 1. The van der Waals surface area contributed by atoms with Gasteiger partial charge in [-0.2, -0.15) is 0 Å². The fourth-order valence-corrected chi connectivity index (χ4v) is 6.44. The van der Waals surface area contributed by atoms with Gasteiger partial charge in [-0.3, -0.25) is 19.7 Å². The number of para-hydroxylation sites is 2. The van der Waals surface area contributed by atoms with E-state index in [0.29, 0.717) is 23.6 Å². The molecule has 1 amide bonds. The summed E-state index contributed by atoms with van der Waals surface area (Å²) in [7, 11) is 0. The second kappa shape index (κ2) is 8.71. The van der Waals surface area contributed by atoms with Crippen molar-refractivity contribution < 1.29 is 10.0 Å². The summed E-state index contributed by atoms with van der Waals surface area (Å²) < 4.78 is 1.79. The molecule has 7 heteroatoms. The molecule has 3 fully saturated rings. The molecule has 2 aliphatic heterocycles. The predicted octanol–water partition coefficient (Wildman–Crippen LogP) is 3.80. The smallest absolute Gasteiger partial charge is 0.299 e. The van der Waals surface area contributed by atoms with E-state index in [-0.39, 0.29) is 11.7 Å². The number of hydrogen-bond donors (Lipinski definition) is 2. The first-order valence-electron chi connectivity index (χ1n) is 11.9. The van der Waals surface area contributed by atoms with E-state index in [0.717, 1.165) is 18.4 Å². The largest absolute Gasteiger partial charge is 0.302 e. The molecule has 5 rings (SSSR count). The van der Waals surface area contributed by atoms with Gasteiger partial charge in [0, 0.05) is 24.2 Å². The number of hydrogen-bond acceptors (Lipinski definition) is 5. The predicted molar refractivity (Wildman–Crippen MR) is 118 cm³/mol. The summed E-state index contributed by atoms with van der Waals surface area (Å²) in [4.78, 5) is 32.5. The molecule has 0 radical (unpaired) electrons. The molecule has 3 aliphatic rings. The van der Waals surface area contributed by atoms with Crippen LogP contribution in [-0.4, -0.2) is 43.7 Å². The number of hydroxylamine groups is 1. The first-order valence-corrected chi connectivity index (χ1v) is 11.9. The van der Waals surface area contributed by atoms with Gasteiger partial charge in [0.2, 0.25) is 0 Å². The molecule has 1 unspecified atom stereocenters. The zero-order valence-electron chi connectivity index (χ0n) is 18.0. The van der Waals surface area contributed by atoms with Crippen LogP contribution in [0.25, 0.3) is 11.0 Å². The van der Waals surface area contributed by atoms with Crippen LogP contribution < -0.4 is 11.0 Å². The molecule has 1 aromatic carbocycles. The maximum atomic E-state index is 13.3. The molecule has 2 aromatic rings. The maximum absolute atomic E-state index is 13.3. The van der Waals surface area contributed by atoms with Gasteiger partial charge in [-0.05, 0) is 50.7 Å². The highest BCUT2D eigenvalue weighted by atomic mass is 16.5. The van der Waals surface area contributed by atoms with Gasteiger partial charge in [0.15, 0.2) is 5.69 Å². The van der Waals surface area contributed by atoms with Gasteiger partial charge in [0.05, 0.1) is 11.0 Å². The molecule has 2 saturated heterocycles. The van der Waals surface area contributed by atoms with Crippen LogP contribution in [0.5, 0.6) is 0 Å². The minimum Gasteiger partial charge on any atom is -0.302 e. The van der Waals surface area contributed by atoms with Gasteiger partial charge in [-0.15, -0.1) is 0 Å². The number of benzene rings is 1. The van der Waals surface area contributed by atoms with E-state index in [9.17, 15) is 9.59 Å². The Morgan fingerprint density at radius 1 is 0.903 bits per heavy atom. The fourth-order valence-electron chi connectivity index (χ4n) is 6.44. The fraction of sp³-hybridized carbons (Fsp3) is 0.625. The highest BCUT2D eigenvalue weighted by Crippen LogP contribution is 2.44. The molecule has 1 saturated carbocycles. The summed E-state index contributed by atoms with van der Waals surface area (Å²) in [6.07, 6.45) is 13.6. The van der Waals surface area contributed by atoms with Crippen molar-refractivity contribution in [3.63, 3.8) is 0 Å². The van der Waals surface area contributed by atoms with Crippen molar-refractivity contribution in [2.24, 2.45) is 0 Å². The molecule has 1 aromatic heterocycles. The minimum atomic E-state index is -0.848. The Morgan fingerprint density at radius 2 is 1.55 bits per heavy atom. The van der Waals surface area contributed by atoms with Gasteiger partial charge in [-0.1, -0.05) is 44.2 Å². The summed E-state index contributed by atoms with van der Waals surface area (Å²) in [5.74, 6) is -0.848. The van der Waals surface area contributed by atoms with E-state index < -0.39 is 11.5 Å². The van der Waals surface area contributed by atoms with Crippen LogP contribution >= 0.6 is 0 Å². The van der Waals surface area contributed by atoms with Crippen molar-refractivity contribution in [1.29, 1.82) is 0 Å². The van der Waals surface area contributed by atoms with E-state index in [1.54, 1.807) is 10.0 Å².